The van der Waals surface area contributed by atoms with E-state index in [-0.39, 0.29) is 11.5 Å². The fourth-order valence-electron chi connectivity index (χ4n) is 2.55. The minimum absolute atomic E-state index is 0.189. The molecule has 3 aromatic rings. The van der Waals surface area contributed by atoms with Crippen molar-refractivity contribution < 1.29 is 9.53 Å². The molecule has 3 rings (SSSR count). The SMILES string of the molecule is COCc1[nH]nc(NC(=O)c2ccc(=O)n(C)c2)c1-c1ccc(Cl)cc1. The number of carbonyl (C=O) groups excluding carboxylic acids is 1. The fraction of sp³-hybridized carbons (Fsp3) is 0.167. The van der Waals surface area contributed by atoms with Gasteiger partial charge in [0, 0.05) is 37.0 Å². The number of aryl methyl sites for hydroxylation is 1. The summed E-state index contributed by atoms with van der Waals surface area (Å²) in [6.07, 6.45) is 1.47. The molecule has 0 unspecified atom stereocenters. The Labute approximate surface area is 154 Å². The summed E-state index contributed by atoms with van der Waals surface area (Å²) in [6.45, 7) is 0.306. The molecule has 0 aliphatic heterocycles. The van der Waals surface area contributed by atoms with Crippen molar-refractivity contribution in [3.05, 3.63) is 69.2 Å². The summed E-state index contributed by atoms with van der Waals surface area (Å²) in [7, 11) is 3.17. The first-order valence-corrected chi connectivity index (χ1v) is 8.17. The number of amides is 1. The van der Waals surface area contributed by atoms with E-state index in [1.807, 2.05) is 12.1 Å². The van der Waals surface area contributed by atoms with Gasteiger partial charge in [-0.3, -0.25) is 14.7 Å². The molecule has 8 heteroatoms. The van der Waals surface area contributed by atoms with Crippen molar-refractivity contribution in [2.75, 3.05) is 12.4 Å². The number of benzene rings is 1. The molecular weight excluding hydrogens is 356 g/mol. The molecule has 26 heavy (non-hydrogen) atoms. The van der Waals surface area contributed by atoms with Crippen LogP contribution in [0.1, 0.15) is 16.1 Å². The molecule has 1 aromatic carbocycles. The summed E-state index contributed by atoms with van der Waals surface area (Å²) in [4.78, 5) is 24.0. The zero-order valence-electron chi connectivity index (χ0n) is 14.2. The predicted octanol–water partition coefficient (Wildman–Crippen LogP) is 2.83. The second-order valence-electron chi connectivity index (χ2n) is 5.69. The van der Waals surface area contributed by atoms with Crippen LogP contribution in [0.25, 0.3) is 11.1 Å². The summed E-state index contributed by atoms with van der Waals surface area (Å²) in [6, 6.07) is 10.0. The van der Waals surface area contributed by atoms with E-state index < -0.39 is 0 Å². The number of pyridine rings is 1. The number of halogens is 1. The molecular formula is C18H17ClN4O3. The van der Waals surface area contributed by atoms with Crippen LogP contribution in [0.5, 0.6) is 0 Å². The minimum atomic E-state index is -0.369. The van der Waals surface area contributed by atoms with Crippen molar-refractivity contribution >= 4 is 23.3 Å². The van der Waals surface area contributed by atoms with Crippen LogP contribution in [-0.4, -0.2) is 27.8 Å². The number of aromatic amines is 1. The van der Waals surface area contributed by atoms with Gasteiger partial charge >= 0.3 is 0 Å². The van der Waals surface area contributed by atoms with Crippen LogP contribution in [0, 0.1) is 0 Å². The highest BCUT2D eigenvalue weighted by Crippen LogP contribution is 2.31. The normalized spacial score (nSPS) is 10.7. The van der Waals surface area contributed by atoms with Gasteiger partial charge in [-0.1, -0.05) is 23.7 Å². The standard InChI is InChI=1S/C18H17ClN4O3/c1-23-9-12(5-8-15(23)24)18(25)20-17-16(14(10-26-2)21-22-17)11-3-6-13(19)7-4-11/h3-9H,10H2,1-2H3,(H2,20,21,22,25). The summed E-state index contributed by atoms with van der Waals surface area (Å²) in [5.41, 5.74) is 2.45. The number of methoxy groups -OCH3 is 1. The molecule has 134 valence electrons. The zero-order chi connectivity index (χ0) is 18.7. The number of nitrogens with zero attached hydrogens (tertiary/aromatic N) is 2. The molecule has 0 saturated heterocycles. The zero-order valence-corrected chi connectivity index (χ0v) is 15.0. The van der Waals surface area contributed by atoms with Crippen LogP contribution < -0.4 is 10.9 Å². The summed E-state index contributed by atoms with van der Waals surface area (Å²) >= 11 is 5.96. The van der Waals surface area contributed by atoms with Crippen LogP contribution in [-0.2, 0) is 18.4 Å². The number of rotatable bonds is 5. The number of hydrogen-bond donors (Lipinski definition) is 2. The first-order chi connectivity index (χ1) is 12.5. The van der Waals surface area contributed by atoms with Gasteiger partial charge in [0.1, 0.15) is 0 Å². The number of anilines is 1. The van der Waals surface area contributed by atoms with E-state index >= 15 is 0 Å². The number of carbonyl (C=O) groups is 1. The molecule has 0 aliphatic carbocycles. The fourth-order valence-corrected chi connectivity index (χ4v) is 2.68. The predicted molar refractivity (Wildman–Crippen MR) is 99.4 cm³/mol. The number of H-pyrrole nitrogens is 1. The highest BCUT2D eigenvalue weighted by Gasteiger charge is 2.18. The largest absolute Gasteiger partial charge is 0.378 e. The van der Waals surface area contributed by atoms with E-state index in [9.17, 15) is 9.59 Å². The number of ether oxygens (including phenoxy) is 1. The quantitative estimate of drug-likeness (QED) is 0.720. The van der Waals surface area contributed by atoms with Crippen molar-refractivity contribution in [1.82, 2.24) is 14.8 Å². The molecule has 1 amide bonds. The van der Waals surface area contributed by atoms with Gasteiger partial charge < -0.3 is 14.6 Å². The van der Waals surface area contributed by atoms with Crippen LogP contribution in [0.3, 0.4) is 0 Å². The Kier molecular flexibility index (Phi) is 5.20. The van der Waals surface area contributed by atoms with Crippen LogP contribution in [0.15, 0.2) is 47.4 Å². The Balaban J connectivity index is 1.96. The second-order valence-corrected chi connectivity index (χ2v) is 6.12. The topological polar surface area (TPSA) is 89.0 Å². The molecule has 0 aliphatic rings. The van der Waals surface area contributed by atoms with Crippen LogP contribution in [0.2, 0.25) is 5.02 Å². The molecule has 2 N–H and O–H groups in total. The lowest BCUT2D eigenvalue weighted by Gasteiger charge is -2.08. The van der Waals surface area contributed by atoms with Gasteiger partial charge in [0.25, 0.3) is 5.91 Å². The Bertz CT molecular complexity index is 992. The number of nitrogens with one attached hydrogen (secondary N) is 2. The Hall–Kier alpha value is -2.90. The van der Waals surface area contributed by atoms with Gasteiger partial charge in [-0.15, -0.1) is 0 Å². The third-order valence-electron chi connectivity index (χ3n) is 3.84. The summed E-state index contributed by atoms with van der Waals surface area (Å²) < 4.78 is 6.54. The average Bonchev–Trinajstić information content (AvgIpc) is 3.01. The maximum atomic E-state index is 12.5. The first-order valence-electron chi connectivity index (χ1n) is 7.79. The van der Waals surface area contributed by atoms with E-state index in [0.29, 0.717) is 23.0 Å². The lowest BCUT2D eigenvalue weighted by Crippen LogP contribution is -2.19. The molecule has 0 bridgehead atoms. The van der Waals surface area contributed by atoms with Gasteiger partial charge in [-0.25, -0.2) is 0 Å². The molecule has 2 aromatic heterocycles. The maximum absolute atomic E-state index is 12.5. The third kappa shape index (κ3) is 3.68. The van der Waals surface area contributed by atoms with E-state index in [2.05, 4.69) is 15.5 Å². The summed E-state index contributed by atoms with van der Waals surface area (Å²) in [5, 5.41) is 10.5. The maximum Gasteiger partial charge on any atom is 0.258 e. The molecule has 2 heterocycles. The van der Waals surface area contributed by atoms with Crippen molar-refractivity contribution in [1.29, 1.82) is 0 Å². The Morgan fingerprint density at radius 2 is 2.00 bits per heavy atom. The van der Waals surface area contributed by atoms with E-state index in [4.69, 9.17) is 16.3 Å². The van der Waals surface area contributed by atoms with Crippen molar-refractivity contribution in [3.63, 3.8) is 0 Å². The van der Waals surface area contributed by atoms with Gasteiger partial charge in [0.05, 0.1) is 17.9 Å². The molecule has 0 spiro atoms. The number of aromatic nitrogens is 3. The van der Waals surface area contributed by atoms with Crippen LogP contribution in [0.4, 0.5) is 5.82 Å². The van der Waals surface area contributed by atoms with Gasteiger partial charge in [-0.2, -0.15) is 5.10 Å². The number of hydrogen-bond acceptors (Lipinski definition) is 4. The molecule has 0 atom stereocenters. The highest BCUT2D eigenvalue weighted by atomic mass is 35.5. The third-order valence-corrected chi connectivity index (χ3v) is 4.09. The molecule has 0 radical (unpaired) electrons. The van der Waals surface area contributed by atoms with Gasteiger partial charge in [-0.05, 0) is 23.8 Å². The second kappa shape index (κ2) is 7.55. The smallest absolute Gasteiger partial charge is 0.258 e. The van der Waals surface area contributed by atoms with Crippen molar-refractivity contribution in [3.8, 4) is 11.1 Å². The molecule has 0 fully saturated rings. The first kappa shape index (κ1) is 17.9. The van der Waals surface area contributed by atoms with E-state index in [0.717, 1.165) is 16.8 Å². The highest BCUT2D eigenvalue weighted by molar-refractivity contribution is 6.30. The van der Waals surface area contributed by atoms with E-state index in [1.54, 1.807) is 26.3 Å². The monoisotopic (exact) mass is 372 g/mol. The Morgan fingerprint density at radius 1 is 1.27 bits per heavy atom. The Morgan fingerprint density at radius 3 is 2.65 bits per heavy atom. The summed E-state index contributed by atoms with van der Waals surface area (Å²) in [5.74, 6) is 0.00417. The van der Waals surface area contributed by atoms with Crippen molar-refractivity contribution in [2.24, 2.45) is 7.05 Å². The van der Waals surface area contributed by atoms with Gasteiger partial charge in [0.2, 0.25) is 5.56 Å². The minimum Gasteiger partial charge on any atom is -0.378 e. The molecule has 0 saturated carbocycles. The average molecular weight is 373 g/mol. The lowest BCUT2D eigenvalue weighted by molar-refractivity contribution is 0.102. The van der Waals surface area contributed by atoms with Crippen LogP contribution >= 0.6 is 11.6 Å². The molecule has 7 nitrogen and oxygen atoms in total. The van der Waals surface area contributed by atoms with Crippen molar-refractivity contribution in [2.45, 2.75) is 6.61 Å². The van der Waals surface area contributed by atoms with E-state index in [1.165, 1.54) is 22.9 Å². The lowest BCUT2D eigenvalue weighted by atomic mass is 10.1. The van der Waals surface area contributed by atoms with Gasteiger partial charge in [0.15, 0.2) is 5.82 Å².